The zero-order chi connectivity index (χ0) is 14.7. The number of hydrogen-bond acceptors (Lipinski definition) is 1. The number of para-hydroxylation sites is 1. The summed E-state index contributed by atoms with van der Waals surface area (Å²) in [4.78, 5) is 0. The fourth-order valence-electron chi connectivity index (χ4n) is 2.76. The van der Waals surface area contributed by atoms with E-state index in [0.717, 1.165) is 30.6 Å². The Hall–Kier alpha value is -1.93. The Bertz CT molecular complexity index is 732. The van der Waals surface area contributed by atoms with Crippen molar-refractivity contribution >= 4 is 28.4 Å². The first-order valence-corrected chi connectivity index (χ1v) is 7.71. The molecule has 0 aliphatic heterocycles. The van der Waals surface area contributed by atoms with Crippen molar-refractivity contribution in [3.8, 4) is 0 Å². The first kappa shape index (κ1) is 14.0. The van der Waals surface area contributed by atoms with Crippen molar-refractivity contribution in [3.05, 3.63) is 65.9 Å². The average Bonchev–Trinajstić information content (AvgIpc) is 2.80. The van der Waals surface area contributed by atoms with Crippen molar-refractivity contribution in [2.75, 3.05) is 11.9 Å². The highest BCUT2D eigenvalue weighted by Crippen LogP contribution is 2.32. The zero-order valence-electron chi connectivity index (χ0n) is 12.1. The Morgan fingerprint density at radius 2 is 1.67 bits per heavy atom. The lowest BCUT2D eigenvalue weighted by Gasteiger charge is -2.08. The Balaban J connectivity index is 1.96. The van der Waals surface area contributed by atoms with Gasteiger partial charge in [0, 0.05) is 23.7 Å². The SMILES string of the molecule is CCNc1c(CCc2ccccc2)n(Cl)c2ccccc12. The van der Waals surface area contributed by atoms with Gasteiger partial charge >= 0.3 is 0 Å². The lowest BCUT2D eigenvalue weighted by molar-refractivity contribution is 0.910. The summed E-state index contributed by atoms with van der Waals surface area (Å²) in [7, 11) is 0. The fraction of sp³-hybridized carbons (Fsp3) is 0.222. The molecule has 0 radical (unpaired) electrons. The van der Waals surface area contributed by atoms with Gasteiger partial charge in [0.1, 0.15) is 0 Å². The Kier molecular flexibility index (Phi) is 4.16. The number of nitrogens with zero attached hydrogens (tertiary/aromatic N) is 1. The summed E-state index contributed by atoms with van der Waals surface area (Å²) in [5.74, 6) is 0. The third-order valence-electron chi connectivity index (χ3n) is 3.76. The van der Waals surface area contributed by atoms with Crippen LogP contribution in [0.5, 0.6) is 0 Å². The summed E-state index contributed by atoms with van der Waals surface area (Å²) in [5.41, 5.74) is 4.72. The number of fused-ring (bicyclic) bond motifs is 1. The molecule has 0 amide bonds. The quantitative estimate of drug-likeness (QED) is 0.712. The molecule has 1 N–H and O–H groups in total. The Morgan fingerprint density at radius 3 is 2.43 bits per heavy atom. The van der Waals surface area contributed by atoms with E-state index in [4.69, 9.17) is 11.8 Å². The second-order valence-electron chi connectivity index (χ2n) is 5.14. The third-order valence-corrected chi connectivity index (χ3v) is 4.14. The number of anilines is 1. The van der Waals surface area contributed by atoms with E-state index in [-0.39, 0.29) is 0 Å². The van der Waals surface area contributed by atoms with E-state index in [9.17, 15) is 0 Å². The van der Waals surface area contributed by atoms with Gasteiger partial charge in [-0.3, -0.25) is 4.09 Å². The van der Waals surface area contributed by atoms with Crippen molar-refractivity contribution in [1.29, 1.82) is 0 Å². The predicted molar refractivity (Wildman–Crippen MR) is 91.2 cm³/mol. The zero-order valence-corrected chi connectivity index (χ0v) is 12.9. The molecule has 1 heterocycles. The van der Waals surface area contributed by atoms with Crippen molar-refractivity contribution in [3.63, 3.8) is 0 Å². The normalized spacial score (nSPS) is 11.0. The minimum absolute atomic E-state index is 0.892. The molecule has 0 unspecified atom stereocenters. The number of rotatable bonds is 5. The van der Waals surface area contributed by atoms with Gasteiger partial charge in [0.2, 0.25) is 0 Å². The van der Waals surface area contributed by atoms with E-state index in [0.29, 0.717) is 0 Å². The minimum Gasteiger partial charge on any atom is -0.383 e. The molecule has 21 heavy (non-hydrogen) atoms. The van der Waals surface area contributed by atoms with E-state index in [1.165, 1.54) is 16.6 Å². The minimum atomic E-state index is 0.892. The standard InChI is InChI=1S/C18H19ClN2/c1-2-20-18-15-10-6-7-11-16(15)21(19)17(18)13-12-14-8-4-3-5-9-14/h3-11,20H,2,12-13H2,1H3. The number of aromatic nitrogens is 1. The highest BCUT2D eigenvalue weighted by atomic mass is 35.5. The highest BCUT2D eigenvalue weighted by molar-refractivity contribution is 6.21. The number of hydrogen-bond donors (Lipinski definition) is 1. The van der Waals surface area contributed by atoms with Crippen molar-refractivity contribution in [2.45, 2.75) is 19.8 Å². The van der Waals surface area contributed by atoms with E-state index < -0.39 is 0 Å². The van der Waals surface area contributed by atoms with Gasteiger partial charge in [0.15, 0.2) is 0 Å². The molecule has 0 saturated carbocycles. The molecule has 0 fully saturated rings. The maximum Gasteiger partial charge on any atom is 0.0672 e. The molecule has 0 aliphatic carbocycles. The van der Waals surface area contributed by atoms with E-state index in [1.807, 2.05) is 12.1 Å². The van der Waals surface area contributed by atoms with Gasteiger partial charge in [-0.1, -0.05) is 48.5 Å². The van der Waals surface area contributed by atoms with Crippen LogP contribution in [0.15, 0.2) is 54.6 Å². The van der Waals surface area contributed by atoms with Gasteiger partial charge in [0.25, 0.3) is 0 Å². The topological polar surface area (TPSA) is 17.0 Å². The van der Waals surface area contributed by atoms with Crippen LogP contribution in [-0.4, -0.2) is 10.6 Å². The van der Waals surface area contributed by atoms with Gasteiger partial charge in [0.05, 0.1) is 16.9 Å². The number of aryl methyl sites for hydroxylation is 1. The van der Waals surface area contributed by atoms with Crippen LogP contribution >= 0.6 is 11.8 Å². The molecule has 108 valence electrons. The molecule has 1 aromatic heterocycles. The van der Waals surface area contributed by atoms with Crippen molar-refractivity contribution < 1.29 is 0 Å². The highest BCUT2D eigenvalue weighted by Gasteiger charge is 2.15. The molecule has 3 aromatic rings. The lowest BCUT2D eigenvalue weighted by atomic mass is 10.1. The van der Waals surface area contributed by atoms with E-state index >= 15 is 0 Å². The van der Waals surface area contributed by atoms with Crippen molar-refractivity contribution in [1.82, 2.24) is 4.09 Å². The van der Waals surface area contributed by atoms with Crippen LogP contribution in [0.4, 0.5) is 5.69 Å². The summed E-state index contributed by atoms with van der Waals surface area (Å²) < 4.78 is 1.80. The van der Waals surface area contributed by atoms with Crippen LogP contribution in [0.2, 0.25) is 0 Å². The lowest BCUT2D eigenvalue weighted by Crippen LogP contribution is -2.02. The summed E-state index contributed by atoms with van der Waals surface area (Å²) in [5, 5.41) is 4.66. The number of nitrogens with one attached hydrogen (secondary N) is 1. The summed E-state index contributed by atoms with van der Waals surface area (Å²) in [6, 6.07) is 18.8. The molecule has 3 rings (SSSR count). The first-order valence-electron chi connectivity index (χ1n) is 7.37. The Labute approximate surface area is 130 Å². The van der Waals surface area contributed by atoms with E-state index in [2.05, 4.69) is 54.7 Å². The third kappa shape index (κ3) is 2.77. The maximum absolute atomic E-state index is 6.54. The summed E-state index contributed by atoms with van der Waals surface area (Å²) in [6.07, 6.45) is 1.91. The Morgan fingerprint density at radius 1 is 0.952 bits per heavy atom. The van der Waals surface area contributed by atoms with Gasteiger partial charge in [-0.2, -0.15) is 0 Å². The molecular weight excluding hydrogens is 280 g/mol. The maximum atomic E-state index is 6.54. The monoisotopic (exact) mass is 298 g/mol. The molecule has 0 spiro atoms. The second kappa shape index (κ2) is 6.23. The van der Waals surface area contributed by atoms with Gasteiger partial charge in [-0.15, -0.1) is 0 Å². The van der Waals surface area contributed by atoms with E-state index in [1.54, 1.807) is 4.09 Å². The largest absolute Gasteiger partial charge is 0.383 e. The van der Waals surface area contributed by atoms with Crippen LogP contribution in [0.3, 0.4) is 0 Å². The summed E-state index contributed by atoms with van der Waals surface area (Å²) >= 11 is 6.54. The molecule has 0 atom stereocenters. The smallest absolute Gasteiger partial charge is 0.0672 e. The number of halogens is 1. The first-order chi connectivity index (χ1) is 10.3. The van der Waals surface area contributed by atoms with Crippen LogP contribution in [0.1, 0.15) is 18.2 Å². The molecular formula is C18H19ClN2. The summed E-state index contributed by atoms with van der Waals surface area (Å²) in [6.45, 7) is 3.00. The molecule has 0 aliphatic rings. The molecule has 0 saturated heterocycles. The molecule has 2 aromatic carbocycles. The second-order valence-corrected chi connectivity index (χ2v) is 5.47. The molecule has 3 heteroatoms. The van der Waals surface area contributed by atoms with Gasteiger partial charge in [-0.05, 0) is 31.4 Å². The average molecular weight is 299 g/mol. The predicted octanol–water partition coefficient (Wildman–Crippen LogP) is 4.86. The van der Waals surface area contributed by atoms with Gasteiger partial charge < -0.3 is 5.32 Å². The van der Waals surface area contributed by atoms with Crippen LogP contribution in [-0.2, 0) is 12.8 Å². The van der Waals surface area contributed by atoms with Crippen LogP contribution < -0.4 is 5.32 Å². The van der Waals surface area contributed by atoms with Gasteiger partial charge in [-0.25, -0.2) is 0 Å². The van der Waals surface area contributed by atoms with Crippen LogP contribution in [0.25, 0.3) is 10.9 Å². The molecule has 0 bridgehead atoms. The number of benzene rings is 2. The van der Waals surface area contributed by atoms with Crippen molar-refractivity contribution in [2.24, 2.45) is 0 Å². The molecule has 2 nitrogen and oxygen atoms in total. The fourth-order valence-corrected chi connectivity index (χ4v) is 3.08. The van der Waals surface area contributed by atoms with Crippen LogP contribution in [0, 0.1) is 0 Å².